The van der Waals surface area contributed by atoms with Gasteiger partial charge in [-0.2, -0.15) is 5.10 Å². The lowest BCUT2D eigenvalue weighted by Crippen LogP contribution is -2.36. The van der Waals surface area contributed by atoms with Crippen molar-refractivity contribution in [2.24, 2.45) is 0 Å². The summed E-state index contributed by atoms with van der Waals surface area (Å²) in [5.74, 6) is 1.36. The van der Waals surface area contributed by atoms with Crippen LogP contribution >= 0.6 is 0 Å². The first-order chi connectivity index (χ1) is 15.7. The first kappa shape index (κ1) is 19.7. The summed E-state index contributed by atoms with van der Waals surface area (Å²) in [4.78, 5) is 23.1. The number of aromatic nitrogens is 4. The summed E-state index contributed by atoms with van der Waals surface area (Å²) in [7, 11) is 0. The quantitative estimate of drug-likeness (QED) is 0.442. The van der Waals surface area contributed by atoms with E-state index in [0.717, 1.165) is 39.3 Å². The van der Waals surface area contributed by atoms with Crippen molar-refractivity contribution in [1.29, 1.82) is 0 Å². The highest BCUT2D eigenvalue weighted by atomic mass is 16.2. The number of urea groups is 1. The molecule has 5 rings (SSSR count). The average molecular weight is 425 g/mol. The van der Waals surface area contributed by atoms with Crippen molar-refractivity contribution in [3.05, 3.63) is 78.2 Å². The van der Waals surface area contributed by atoms with Gasteiger partial charge in [0.1, 0.15) is 5.82 Å². The molecule has 0 unspecified atom stereocenters. The van der Waals surface area contributed by atoms with Gasteiger partial charge in [-0.3, -0.25) is 5.10 Å². The first-order valence-electron chi connectivity index (χ1n) is 10.5. The third kappa shape index (κ3) is 4.02. The first-order valence-corrected chi connectivity index (χ1v) is 10.5. The second-order valence-corrected chi connectivity index (χ2v) is 7.63. The molecule has 0 saturated carbocycles. The van der Waals surface area contributed by atoms with Gasteiger partial charge in [0.2, 0.25) is 0 Å². The highest BCUT2D eigenvalue weighted by Crippen LogP contribution is 2.28. The van der Waals surface area contributed by atoms with E-state index >= 15 is 0 Å². The maximum Gasteiger partial charge on any atom is 0.317 e. The highest BCUT2D eigenvalue weighted by Gasteiger charge is 2.23. The molecular formula is C24H23N7O. The molecule has 32 heavy (non-hydrogen) atoms. The number of rotatable bonds is 5. The fourth-order valence-corrected chi connectivity index (χ4v) is 3.81. The summed E-state index contributed by atoms with van der Waals surface area (Å²) >= 11 is 0. The fourth-order valence-electron chi connectivity index (χ4n) is 3.81. The van der Waals surface area contributed by atoms with E-state index in [1.165, 1.54) is 0 Å². The topological polar surface area (TPSA) is 98.8 Å². The van der Waals surface area contributed by atoms with Gasteiger partial charge in [0, 0.05) is 48.8 Å². The Kier molecular flexibility index (Phi) is 5.25. The number of hydrogen-bond donors (Lipinski definition) is 3. The Labute approximate surface area is 185 Å². The molecule has 0 saturated heterocycles. The molecule has 4 aromatic rings. The summed E-state index contributed by atoms with van der Waals surface area (Å²) in [6, 6.07) is 16.1. The molecule has 160 valence electrons. The lowest BCUT2D eigenvalue weighted by atomic mass is 10.1. The maximum atomic E-state index is 12.2. The Balaban J connectivity index is 1.32. The number of fused-ring (bicyclic) bond motifs is 1. The largest absolute Gasteiger partial charge is 0.340 e. The van der Waals surface area contributed by atoms with Crippen LogP contribution in [0.4, 0.5) is 16.3 Å². The van der Waals surface area contributed by atoms with Crippen molar-refractivity contribution in [2.45, 2.75) is 20.0 Å². The van der Waals surface area contributed by atoms with Gasteiger partial charge >= 0.3 is 6.03 Å². The molecule has 0 spiro atoms. The van der Waals surface area contributed by atoms with Crippen LogP contribution in [-0.2, 0) is 13.1 Å². The second kappa shape index (κ2) is 8.50. The van der Waals surface area contributed by atoms with E-state index in [0.29, 0.717) is 25.5 Å². The van der Waals surface area contributed by atoms with Crippen LogP contribution in [-0.4, -0.2) is 37.6 Å². The van der Waals surface area contributed by atoms with Gasteiger partial charge in [-0.15, -0.1) is 0 Å². The third-order valence-corrected chi connectivity index (χ3v) is 5.45. The number of aromatic amines is 1. The van der Waals surface area contributed by atoms with E-state index in [1.54, 1.807) is 12.4 Å². The molecule has 0 bridgehead atoms. The molecular weight excluding hydrogens is 402 g/mol. The Morgan fingerprint density at radius 2 is 1.84 bits per heavy atom. The molecule has 1 aliphatic heterocycles. The van der Waals surface area contributed by atoms with Crippen molar-refractivity contribution in [3.63, 3.8) is 0 Å². The van der Waals surface area contributed by atoms with Gasteiger partial charge in [0.05, 0.1) is 6.20 Å². The maximum absolute atomic E-state index is 12.2. The van der Waals surface area contributed by atoms with Crippen LogP contribution in [0.2, 0.25) is 0 Å². The van der Waals surface area contributed by atoms with Gasteiger partial charge in [0.25, 0.3) is 0 Å². The molecule has 2 amide bonds. The molecule has 2 aromatic heterocycles. The minimum Gasteiger partial charge on any atom is -0.340 e. The number of carbonyl (C=O) groups excluding carboxylic acids is 1. The summed E-state index contributed by atoms with van der Waals surface area (Å²) in [6.45, 7) is 3.76. The Hall–Kier alpha value is -4.20. The standard InChI is InChI=1S/C24H23N7O/c1-2-25-24(32)31-14-18-4-3-17(11-19(18)15-31)23-26-10-9-22(30-23)29-21-7-5-16(6-8-21)20-12-27-28-13-20/h3-13H,2,14-15H2,1H3,(H,25,32)(H,27,28)(H,26,29,30). The molecule has 0 fully saturated rings. The molecule has 2 aromatic carbocycles. The number of anilines is 2. The zero-order chi connectivity index (χ0) is 21.9. The second-order valence-electron chi connectivity index (χ2n) is 7.63. The highest BCUT2D eigenvalue weighted by molar-refractivity contribution is 5.75. The van der Waals surface area contributed by atoms with E-state index in [1.807, 2.05) is 54.4 Å². The average Bonchev–Trinajstić information content (AvgIpc) is 3.50. The smallest absolute Gasteiger partial charge is 0.317 e. The summed E-state index contributed by atoms with van der Waals surface area (Å²) < 4.78 is 0. The van der Waals surface area contributed by atoms with Crippen LogP contribution in [0.15, 0.2) is 67.1 Å². The van der Waals surface area contributed by atoms with E-state index < -0.39 is 0 Å². The normalized spacial score (nSPS) is 12.5. The summed E-state index contributed by atoms with van der Waals surface area (Å²) in [6.07, 6.45) is 5.41. The zero-order valence-corrected chi connectivity index (χ0v) is 17.7. The third-order valence-electron chi connectivity index (χ3n) is 5.45. The number of H-pyrrole nitrogens is 1. The Bertz CT molecular complexity index is 1240. The molecule has 8 nitrogen and oxygen atoms in total. The molecule has 8 heteroatoms. The van der Waals surface area contributed by atoms with Gasteiger partial charge in [-0.1, -0.05) is 24.3 Å². The number of nitrogens with one attached hydrogen (secondary N) is 3. The van der Waals surface area contributed by atoms with Crippen LogP contribution in [0, 0.1) is 0 Å². The molecule has 0 atom stereocenters. The number of hydrogen-bond acceptors (Lipinski definition) is 5. The van der Waals surface area contributed by atoms with Crippen molar-refractivity contribution in [1.82, 2.24) is 30.4 Å². The predicted octanol–water partition coefficient (Wildman–Crippen LogP) is 4.32. The monoisotopic (exact) mass is 425 g/mol. The van der Waals surface area contributed by atoms with E-state index in [-0.39, 0.29) is 6.03 Å². The number of amides is 2. The SMILES string of the molecule is CCNC(=O)N1Cc2ccc(-c3nccc(Nc4ccc(-c5cn[nH]c5)cc4)n3)cc2C1. The minimum absolute atomic E-state index is 0.0357. The summed E-state index contributed by atoms with van der Waals surface area (Å²) in [5.41, 5.74) is 6.29. The van der Waals surface area contributed by atoms with Crippen LogP contribution < -0.4 is 10.6 Å². The minimum atomic E-state index is -0.0357. The lowest BCUT2D eigenvalue weighted by molar-refractivity contribution is 0.199. The van der Waals surface area contributed by atoms with Gasteiger partial charge in [0.15, 0.2) is 5.82 Å². The molecule has 3 N–H and O–H groups in total. The van der Waals surface area contributed by atoms with E-state index in [2.05, 4.69) is 42.9 Å². The van der Waals surface area contributed by atoms with E-state index in [4.69, 9.17) is 0 Å². The number of carbonyl (C=O) groups is 1. The van der Waals surface area contributed by atoms with Crippen LogP contribution in [0.3, 0.4) is 0 Å². The van der Waals surface area contributed by atoms with Crippen LogP contribution in [0.5, 0.6) is 0 Å². The predicted molar refractivity (Wildman–Crippen MR) is 123 cm³/mol. The van der Waals surface area contributed by atoms with Crippen LogP contribution in [0.25, 0.3) is 22.5 Å². The van der Waals surface area contributed by atoms with Crippen molar-refractivity contribution in [3.8, 4) is 22.5 Å². The summed E-state index contributed by atoms with van der Waals surface area (Å²) in [5, 5.41) is 13.0. The van der Waals surface area contributed by atoms with Gasteiger partial charge in [-0.25, -0.2) is 14.8 Å². The van der Waals surface area contributed by atoms with Crippen molar-refractivity contribution >= 4 is 17.5 Å². The van der Waals surface area contributed by atoms with E-state index in [9.17, 15) is 4.79 Å². The van der Waals surface area contributed by atoms with Gasteiger partial charge < -0.3 is 15.5 Å². The van der Waals surface area contributed by atoms with Crippen LogP contribution in [0.1, 0.15) is 18.1 Å². The number of benzene rings is 2. The molecule has 1 aliphatic rings. The molecule has 3 heterocycles. The number of nitrogens with zero attached hydrogens (tertiary/aromatic N) is 4. The Morgan fingerprint density at radius 1 is 1.03 bits per heavy atom. The lowest BCUT2D eigenvalue weighted by Gasteiger charge is -2.15. The molecule has 0 radical (unpaired) electrons. The fraction of sp³-hybridized carbons (Fsp3) is 0.167. The zero-order valence-electron chi connectivity index (χ0n) is 17.7. The van der Waals surface area contributed by atoms with Gasteiger partial charge in [-0.05, 0) is 47.9 Å². The molecule has 0 aliphatic carbocycles. The Morgan fingerprint density at radius 3 is 2.62 bits per heavy atom. The van der Waals surface area contributed by atoms with Crippen molar-refractivity contribution in [2.75, 3.05) is 11.9 Å². The van der Waals surface area contributed by atoms with Crippen molar-refractivity contribution < 1.29 is 4.79 Å².